The normalized spacial score (nSPS) is 11.2. The van der Waals surface area contributed by atoms with E-state index in [2.05, 4.69) is 0 Å². The lowest BCUT2D eigenvalue weighted by Crippen LogP contribution is -2.40. The lowest BCUT2D eigenvalue weighted by atomic mass is 10.1. The Morgan fingerprint density at radius 1 is 0.867 bits per heavy atom. The van der Waals surface area contributed by atoms with Crippen molar-refractivity contribution in [1.29, 1.82) is 0 Å². The molecule has 0 radical (unpaired) electrons. The number of carbonyl (C=O) groups is 1. The van der Waals surface area contributed by atoms with Crippen molar-refractivity contribution in [2.75, 3.05) is 10.9 Å². The summed E-state index contributed by atoms with van der Waals surface area (Å²) in [5.74, 6) is -0.0877. The lowest BCUT2D eigenvalue weighted by Gasteiger charge is -2.23. The van der Waals surface area contributed by atoms with Crippen LogP contribution >= 0.6 is 0 Å². The number of hydrogen-bond donors (Lipinski definition) is 0. The van der Waals surface area contributed by atoms with Crippen molar-refractivity contribution < 1.29 is 17.9 Å². The van der Waals surface area contributed by atoms with Gasteiger partial charge < -0.3 is 4.74 Å². The fraction of sp³-hybridized carbons (Fsp3) is 0.208. The molecule has 0 heterocycles. The smallest absolute Gasteiger partial charge is 0.278 e. The van der Waals surface area contributed by atoms with E-state index in [1.807, 2.05) is 39.0 Å². The molecule has 0 aromatic heterocycles. The van der Waals surface area contributed by atoms with Crippen LogP contribution < -0.4 is 9.04 Å². The maximum Gasteiger partial charge on any atom is 0.278 e. The first-order valence-electron chi connectivity index (χ1n) is 9.75. The highest BCUT2D eigenvalue weighted by Crippen LogP contribution is 2.25. The average molecular weight is 424 g/mol. The van der Waals surface area contributed by atoms with Gasteiger partial charge in [0.05, 0.1) is 10.6 Å². The van der Waals surface area contributed by atoms with Crippen molar-refractivity contribution in [3.8, 4) is 5.75 Å². The standard InChI is InChI=1S/C24H25NO4S/c1-4-20-7-5-6-8-23(20)29-17-24(26)25(21-13-9-18(2)10-14-21)30(27,28)22-15-11-19(3)12-16-22/h5-16H,4,17H2,1-3H3. The van der Waals surface area contributed by atoms with Crippen LogP contribution in [0.5, 0.6) is 5.75 Å². The van der Waals surface area contributed by atoms with Gasteiger partial charge >= 0.3 is 0 Å². The summed E-state index contributed by atoms with van der Waals surface area (Å²) in [6, 6.07) is 20.6. The third kappa shape index (κ3) is 4.71. The van der Waals surface area contributed by atoms with Crippen LogP contribution in [0.3, 0.4) is 0 Å². The van der Waals surface area contributed by atoms with Gasteiger partial charge in [-0.05, 0) is 56.2 Å². The van der Waals surface area contributed by atoms with Gasteiger partial charge in [-0.3, -0.25) is 4.79 Å². The molecule has 0 aliphatic rings. The molecule has 0 fully saturated rings. The Kier molecular flexibility index (Phi) is 6.57. The predicted molar refractivity (Wildman–Crippen MR) is 118 cm³/mol. The van der Waals surface area contributed by atoms with E-state index in [0.717, 1.165) is 27.4 Å². The van der Waals surface area contributed by atoms with Crippen LogP contribution in [0, 0.1) is 13.8 Å². The molecule has 0 saturated carbocycles. The predicted octanol–water partition coefficient (Wildman–Crippen LogP) is 4.67. The summed E-state index contributed by atoms with van der Waals surface area (Å²) in [7, 11) is -4.10. The van der Waals surface area contributed by atoms with E-state index in [1.165, 1.54) is 12.1 Å². The van der Waals surface area contributed by atoms with E-state index in [9.17, 15) is 13.2 Å². The lowest BCUT2D eigenvalue weighted by molar-refractivity contribution is -0.119. The van der Waals surface area contributed by atoms with Crippen LogP contribution in [0.2, 0.25) is 0 Å². The number of rotatable bonds is 7. The molecule has 3 aromatic rings. The summed E-state index contributed by atoms with van der Waals surface area (Å²) in [6.07, 6.45) is 0.744. The number of para-hydroxylation sites is 1. The van der Waals surface area contributed by atoms with Gasteiger partial charge in [0, 0.05) is 0 Å². The molecule has 30 heavy (non-hydrogen) atoms. The second-order valence-corrected chi connectivity index (χ2v) is 8.85. The molecule has 0 spiro atoms. The fourth-order valence-corrected chi connectivity index (χ4v) is 4.46. The first-order chi connectivity index (χ1) is 14.3. The molecule has 0 aliphatic carbocycles. The Morgan fingerprint density at radius 3 is 2.03 bits per heavy atom. The van der Waals surface area contributed by atoms with E-state index in [1.54, 1.807) is 42.5 Å². The maximum absolute atomic E-state index is 13.4. The molecule has 1 amide bonds. The van der Waals surface area contributed by atoms with Crippen LogP contribution in [0.1, 0.15) is 23.6 Å². The van der Waals surface area contributed by atoms with E-state index in [0.29, 0.717) is 5.75 Å². The SMILES string of the molecule is CCc1ccccc1OCC(=O)N(c1ccc(C)cc1)S(=O)(=O)c1ccc(C)cc1. The van der Waals surface area contributed by atoms with Gasteiger partial charge in [0.2, 0.25) is 0 Å². The van der Waals surface area contributed by atoms with Crippen molar-refractivity contribution in [1.82, 2.24) is 0 Å². The number of aryl methyl sites for hydroxylation is 3. The number of carbonyl (C=O) groups excluding carboxylic acids is 1. The molecule has 3 aromatic carbocycles. The summed E-state index contributed by atoms with van der Waals surface area (Å²) in [4.78, 5) is 13.2. The largest absolute Gasteiger partial charge is 0.483 e. The number of benzene rings is 3. The van der Waals surface area contributed by atoms with Crippen molar-refractivity contribution in [3.63, 3.8) is 0 Å². The summed E-state index contributed by atoms with van der Waals surface area (Å²) >= 11 is 0. The van der Waals surface area contributed by atoms with Crippen LogP contribution in [0.25, 0.3) is 0 Å². The summed E-state index contributed by atoms with van der Waals surface area (Å²) in [6.45, 7) is 5.37. The molecule has 156 valence electrons. The second kappa shape index (κ2) is 9.13. The van der Waals surface area contributed by atoms with Crippen LogP contribution in [0.15, 0.2) is 77.7 Å². The third-order valence-electron chi connectivity index (χ3n) is 4.76. The van der Waals surface area contributed by atoms with Crippen molar-refractivity contribution in [3.05, 3.63) is 89.5 Å². The van der Waals surface area contributed by atoms with Gasteiger partial charge in [0.25, 0.3) is 15.9 Å². The summed E-state index contributed by atoms with van der Waals surface area (Å²) in [5, 5.41) is 0. The molecule has 0 aliphatic heterocycles. The molecular formula is C24H25NO4S. The number of sulfonamides is 1. The number of nitrogens with zero attached hydrogens (tertiary/aromatic N) is 1. The molecule has 6 heteroatoms. The highest BCUT2D eigenvalue weighted by Gasteiger charge is 2.31. The van der Waals surface area contributed by atoms with E-state index in [4.69, 9.17) is 4.74 Å². The fourth-order valence-electron chi connectivity index (χ4n) is 3.05. The van der Waals surface area contributed by atoms with Crippen molar-refractivity contribution in [2.45, 2.75) is 32.1 Å². The van der Waals surface area contributed by atoms with Gasteiger partial charge in [-0.25, -0.2) is 8.42 Å². The van der Waals surface area contributed by atoms with Crippen molar-refractivity contribution >= 4 is 21.6 Å². The monoisotopic (exact) mass is 423 g/mol. The highest BCUT2D eigenvalue weighted by atomic mass is 32.2. The first kappa shape index (κ1) is 21.6. The summed E-state index contributed by atoms with van der Waals surface area (Å²) in [5.41, 5.74) is 3.13. The quantitative estimate of drug-likeness (QED) is 0.554. The van der Waals surface area contributed by atoms with Crippen LogP contribution in [0.4, 0.5) is 5.69 Å². The minimum absolute atomic E-state index is 0.0518. The Labute approximate surface area is 178 Å². The van der Waals surface area contributed by atoms with Crippen LogP contribution in [-0.4, -0.2) is 20.9 Å². The minimum Gasteiger partial charge on any atom is -0.483 e. The maximum atomic E-state index is 13.4. The Balaban J connectivity index is 1.96. The van der Waals surface area contributed by atoms with Gasteiger partial charge in [0.15, 0.2) is 6.61 Å². The van der Waals surface area contributed by atoms with Gasteiger partial charge in [-0.15, -0.1) is 0 Å². The molecular weight excluding hydrogens is 398 g/mol. The topological polar surface area (TPSA) is 63.7 Å². The molecule has 5 nitrogen and oxygen atoms in total. The second-order valence-electron chi connectivity index (χ2n) is 7.06. The number of anilines is 1. The number of hydrogen-bond acceptors (Lipinski definition) is 4. The van der Waals surface area contributed by atoms with E-state index in [-0.39, 0.29) is 10.6 Å². The molecule has 0 bridgehead atoms. The molecule has 3 rings (SSSR count). The molecule has 0 N–H and O–H groups in total. The number of amides is 1. The summed E-state index contributed by atoms with van der Waals surface area (Å²) < 4.78 is 33.2. The molecule has 0 saturated heterocycles. The molecule has 0 atom stereocenters. The Bertz CT molecular complexity index is 1120. The highest BCUT2D eigenvalue weighted by molar-refractivity contribution is 7.93. The van der Waals surface area contributed by atoms with Crippen LogP contribution in [-0.2, 0) is 21.2 Å². The van der Waals surface area contributed by atoms with Gasteiger partial charge in [0.1, 0.15) is 5.75 Å². The minimum atomic E-state index is -4.10. The van der Waals surface area contributed by atoms with Crippen molar-refractivity contribution in [2.24, 2.45) is 0 Å². The van der Waals surface area contributed by atoms with E-state index >= 15 is 0 Å². The van der Waals surface area contributed by atoms with Gasteiger partial charge in [-0.2, -0.15) is 4.31 Å². The van der Waals surface area contributed by atoms with Gasteiger partial charge in [-0.1, -0.05) is 60.5 Å². The average Bonchev–Trinajstić information content (AvgIpc) is 2.74. The zero-order valence-corrected chi connectivity index (χ0v) is 18.1. The zero-order valence-electron chi connectivity index (χ0n) is 17.3. The zero-order chi connectivity index (χ0) is 21.7. The van der Waals surface area contributed by atoms with E-state index < -0.39 is 22.5 Å². The Morgan fingerprint density at radius 2 is 1.43 bits per heavy atom. The first-order valence-corrected chi connectivity index (χ1v) is 11.2. The number of ether oxygens (including phenoxy) is 1. The third-order valence-corrected chi connectivity index (χ3v) is 6.52. The Hall–Kier alpha value is -3.12. The molecule has 0 unspecified atom stereocenters.